The number of rotatable bonds is 7. The summed E-state index contributed by atoms with van der Waals surface area (Å²) >= 11 is 0. The smallest absolute Gasteiger partial charge is 0.342 e. The molecule has 0 radical (unpaired) electrons. The Kier molecular flexibility index (Phi) is 11.5. The van der Waals surface area contributed by atoms with Crippen LogP contribution in [-0.2, 0) is 4.74 Å². The maximum Gasteiger partial charge on any atom is 0.342 e. The van der Waals surface area contributed by atoms with Gasteiger partial charge in [0.1, 0.15) is 34.8 Å². The van der Waals surface area contributed by atoms with Gasteiger partial charge in [-0.3, -0.25) is 0 Å². The molecule has 6 unspecified atom stereocenters. The summed E-state index contributed by atoms with van der Waals surface area (Å²) in [6.45, 7) is 13.3. The fourth-order valence-electron chi connectivity index (χ4n) is 6.26. The van der Waals surface area contributed by atoms with E-state index in [1.807, 2.05) is 6.07 Å². The van der Waals surface area contributed by atoms with Gasteiger partial charge >= 0.3 is 11.9 Å². The first-order valence-corrected chi connectivity index (χ1v) is 15.0. The number of esters is 1. The fourth-order valence-corrected chi connectivity index (χ4v) is 6.26. The van der Waals surface area contributed by atoms with Crippen LogP contribution in [0.15, 0.2) is 48.5 Å². The minimum Gasteiger partial charge on any atom is -0.507 e. The summed E-state index contributed by atoms with van der Waals surface area (Å²) in [5.74, 6) is 2.38. The third-order valence-corrected chi connectivity index (χ3v) is 8.70. The van der Waals surface area contributed by atoms with Gasteiger partial charge in [0, 0.05) is 0 Å². The molecule has 0 aliphatic heterocycles. The van der Waals surface area contributed by atoms with Crippen molar-refractivity contribution in [3.63, 3.8) is 0 Å². The first-order chi connectivity index (χ1) is 19.0. The number of hydrogen-bond donors (Lipinski definition) is 2. The second-order valence-corrected chi connectivity index (χ2v) is 12.6. The Balaban J connectivity index is 0.000000220. The van der Waals surface area contributed by atoms with Crippen LogP contribution in [0.3, 0.4) is 0 Å². The molecule has 40 heavy (non-hydrogen) atoms. The fraction of sp³-hybridized carbons (Fsp3) is 0.588. The number of phenols is 1. The number of carboxylic acids is 1. The maximum atomic E-state index is 12.2. The van der Waals surface area contributed by atoms with E-state index in [0.717, 1.165) is 19.3 Å². The predicted octanol–water partition coefficient (Wildman–Crippen LogP) is 8.23. The molecule has 0 amide bonds. The van der Waals surface area contributed by atoms with Crippen LogP contribution in [0.1, 0.15) is 101 Å². The first-order valence-electron chi connectivity index (χ1n) is 15.0. The van der Waals surface area contributed by atoms with Crippen molar-refractivity contribution >= 4 is 11.9 Å². The Bertz CT molecular complexity index is 1110. The van der Waals surface area contributed by atoms with Gasteiger partial charge in [-0.2, -0.15) is 0 Å². The summed E-state index contributed by atoms with van der Waals surface area (Å²) in [6.07, 6.45) is 6.73. The van der Waals surface area contributed by atoms with Crippen molar-refractivity contribution in [2.75, 3.05) is 0 Å². The highest BCUT2D eigenvalue weighted by Crippen LogP contribution is 2.37. The van der Waals surface area contributed by atoms with Gasteiger partial charge in [-0.05, 0) is 85.5 Å². The number of carbonyl (C=O) groups is 2. The Hall–Kier alpha value is -3.02. The third kappa shape index (κ3) is 8.49. The molecule has 0 heterocycles. The van der Waals surface area contributed by atoms with Gasteiger partial charge in [-0.25, -0.2) is 9.59 Å². The molecule has 0 saturated heterocycles. The van der Waals surface area contributed by atoms with E-state index in [-0.39, 0.29) is 29.1 Å². The zero-order valence-electron chi connectivity index (χ0n) is 25.0. The molecule has 6 atom stereocenters. The summed E-state index contributed by atoms with van der Waals surface area (Å²) in [4.78, 5) is 23.5. The van der Waals surface area contributed by atoms with E-state index in [4.69, 9.17) is 9.47 Å². The van der Waals surface area contributed by atoms with Crippen molar-refractivity contribution in [3.05, 3.63) is 59.7 Å². The van der Waals surface area contributed by atoms with E-state index in [9.17, 15) is 19.8 Å². The van der Waals surface area contributed by atoms with Crippen LogP contribution >= 0.6 is 0 Å². The number of benzene rings is 2. The molecular weight excluding hydrogens is 504 g/mol. The molecule has 2 fully saturated rings. The standard InChI is InChI=1S/2C17H24O3/c1-11(2)13-9-8-12(3)10-16(13)20-15-7-5-4-6-14(15)17(18)19;1-11(2)13-9-8-12(3)10-16(13)20-17(19)14-6-4-5-7-15(14)18/h4-7,11-13,16H,8-10H2,1-3H3,(H,18,19);4-7,11-13,16,18H,8-10H2,1-3H3. The average Bonchev–Trinajstić information content (AvgIpc) is 2.89. The van der Waals surface area contributed by atoms with Gasteiger partial charge in [-0.1, -0.05) is 78.6 Å². The van der Waals surface area contributed by atoms with Crippen molar-refractivity contribution in [1.29, 1.82) is 0 Å². The Morgan fingerprint density at radius 1 is 0.750 bits per heavy atom. The molecular formula is C34H48O6. The molecule has 2 aliphatic rings. The Morgan fingerprint density at radius 2 is 1.25 bits per heavy atom. The lowest BCUT2D eigenvalue weighted by atomic mass is 9.75. The van der Waals surface area contributed by atoms with Crippen molar-refractivity contribution < 1.29 is 29.3 Å². The molecule has 2 saturated carbocycles. The van der Waals surface area contributed by atoms with Crippen LogP contribution in [-0.4, -0.2) is 34.4 Å². The molecule has 2 aromatic rings. The molecule has 0 aromatic heterocycles. The highest BCUT2D eigenvalue weighted by Gasteiger charge is 2.34. The number of hydrogen-bond acceptors (Lipinski definition) is 5. The zero-order chi connectivity index (χ0) is 29.4. The van der Waals surface area contributed by atoms with Crippen LogP contribution in [0.25, 0.3) is 0 Å². The lowest BCUT2D eigenvalue weighted by molar-refractivity contribution is -0.0176. The zero-order valence-corrected chi connectivity index (χ0v) is 25.0. The van der Waals surface area contributed by atoms with Crippen LogP contribution in [0.4, 0.5) is 0 Å². The van der Waals surface area contributed by atoms with Gasteiger partial charge in [0.25, 0.3) is 0 Å². The summed E-state index contributed by atoms with van der Waals surface area (Å²) in [5.41, 5.74) is 0.515. The Labute approximate surface area is 240 Å². The molecule has 0 bridgehead atoms. The lowest BCUT2D eigenvalue weighted by Crippen LogP contribution is -2.36. The topological polar surface area (TPSA) is 93.1 Å². The normalized spacial score (nSPS) is 26.5. The number of para-hydroxylation sites is 2. The summed E-state index contributed by atoms with van der Waals surface area (Å²) < 4.78 is 11.8. The van der Waals surface area contributed by atoms with E-state index in [0.29, 0.717) is 41.3 Å². The van der Waals surface area contributed by atoms with Gasteiger partial charge in [0.15, 0.2) is 0 Å². The second kappa shape index (κ2) is 14.6. The summed E-state index contributed by atoms with van der Waals surface area (Å²) in [6, 6.07) is 13.5. The molecule has 4 rings (SSSR count). The lowest BCUT2D eigenvalue weighted by Gasteiger charge is -2.37. The number of phenolic OH excluding ortho intramolecular Hbond substituents is 1. The van der Waals surface area contributed by atoms with Gasteiger partial charge in [0.2, 0.25) is 0 Å². The number of aromatic carboxylic acids is 1. The second-order valence-electron chi connectivity index (χ2n) is 12.6. The molecule has 2 aromatic carbocycles. The maximum absolute atomic E-state index is 12.2. The van der Waals surface area contributed by atoms with E-state index in [1.54, 1.807) is 36.4 Å². The minimum absolute atomic E-state index is 0.0116. The molecule has 6 nitrogen and oxygen atoms in total. The average molecular weight is 553 g/mol. The summed E-state index contributed by atoms with van der Waals surface area (Å²) in [7, 11) is 0. The highest BCUT2D eigenvalue weighted by molar-refractivity contribution is 5.92. The quantitative estimate of drug-likeness (QED) is 0.336. The van der Waals surface area contributed by atoms with E-state index >= 15 is 0 Å². The molecule has 220 valence electrons. The van der Waals surface area contributed by atoms with Crippen molar-refractivity contribution in [2.45, 2.75) is 92.3 Å². The minimum atomic E-state index is -0.925. The molecule has 6 heteroatoms. The van der Waals surface area contributed by atoms with Gasteiger partial charge < -0.3 is 19.7 Å². The summed E-state index contributed by atoms with van der Waals surface area (Å²) in [5, 5.41) is 19.0. The van der Waals surface area contributed by atoms with Crippen LogP contribution < -0.4 is 4.74 Å². The van der Waals surface area contributed by atoms with Crippen LogP contribution in [0.2, 0.25) is 0 Å². The number of carbonyl (C=O) groups excluding carboxylic acids is 1. The van der Waals surface area contributed by atoms with Crippen molar-refractivity contribution in [3.8, 4) is 11.5 Å². The highest BCUT2D eigenvalue weighted by atomic mass is 16.5. The molecule has 0 spiro atoms. The number of ether oxygens (including phenoxy) is 2. The SMILES string of the molecule is CC1CCC(C(C)C)C(OC(=O)c2ccccc2O)C1.CC1CCC(C(C)C)C(Oc2ccccc2C(=O)O)C1. The number of carboxylic acid groups (broad SMARTS) is 1. The van der Waals surface area contributed by atoms with E-state index in [1.165, 1.54) is 25.3 Å². The van der Waals surface area contributed by atoms with E-state index < -0.39 is 11.9 Å². The van der Waals surface area contributed by atoms with Crippen LogP contribution in [0, 0.1) is 35.5 Å². The molecule has 2 N–H and O–H groups in total. The largest absolute Gasteiger partial charge is 0.507 e. The van der Waals surface area contributed by atoms with E-state index in [2.05, 4.69) is 41.5 Å². The first kappa shape index (κ1) is 31.5. The molecule has 2 aliphatic carbocycles. The predicted molar refractivity (Wildman–Crippen MR) is 158 cm³/mol. The van der Waals surface area contributed by atoms with Gasteiger partial charge in [-0.15, -0.1) is 0 Å². The van der Waals surface area contributed by atoms with Crippen LogP contribution in [0.5, 0.6) is 11.5 Å². The monoisotopic (exact) mass is 552 g/mol. The number of aromatic hydroxyl groups is 1. The Morgan fingerprint density at radius 3 is 1.80 bits per heavy atom. The third-order valence-electron chi connectivity index (χ3n) is 8.70. The van der Waals surface area contributed by atoms with Crippen molar-refractivity contribution in [2.24, 2.45) is 35.5 Å². The van der Waals surface area contributed by atoms with Crippen molar-refractivity contribution in [1.82, 2.24) is 0 Å². The van der Waals surface area contributed by atoms with Gasteiger partial charge in [0.05, 0.1) is 0 Å².